The van der Waals surface area contributed by atoms with Gasteiger partial charge >= 0.3 is 5.97 Å². The van der Waals surface area contributed by atoms with Crippen molar-refractivity contribution in [2.24, 2.45) is 0 Å². The van der Waals surface area contributed by atoms with E-state index in [1.54, 1.807) is 18.9 Å². The summed E-state index contributed by atoms with van der Waals surface area (Å²) in [6.45, 7) is 2.10. The second-order valence-electron chi connectivity index (χ2n) is 3.91. The Morgan fingerprint density at radius 2 is 2.24 bits per heavy atom. The first-order valence-electron chi connectivity index (χ1n) is 5.32. The van der Waals surface area contributed by atoms with E-state index in [-0.39, 0.29) is 5.82 Å². The molecule has 0 aliphatic rings. The minimum absolute atomic E-state index is 0.307. The highest BCUT2D eigenvalue weighted by molar-refractivity contribution is 6.31. The maximum absolute atomic E-state index is 13.0. The van der Waals surface area contributed by atoms with E-state index in [4.69, 9.17) is 16.7 Å². The number of hydrogen-bond donors (Lipinski definition) is 1. The topological polar surface area (TPSA) is 40.5 Å². The Balaban J connectivity index is 2.83. The summed E-state index contributed by atoms with van der Waals surface area (Å²) in [7, 11) is 1.68. The molecule has 5 heteroatoms. The summed E-state index contributed by atoms with van der Waals surface area (Å²) < 4.78 is 13.0. The average Bonchev–Trinajstić information content (AvgIpc) is 2.24. The first kappa shape index (κ1) is 13.9. The van der Waals surface area contributed by atoms with Crippen molar-refractivity contribution in [1.82, 2.24) is 4.90 Å². The summed E-state index contributed by atoms with van der Waals surface area (Å²) in [5.41, 5.74) is 0.592. The van der Waals surface area contributed by atoms with Crippen LogP contribution in [0, 0.1) is 5.82 Å². The summed E-state index contributed by atoms with van der Waals surface area (Å²) in [5, 5.41) is 9.44. The number of halogens is 2. The second-order valence-corrected chi connectivity index (χ2v) is 4.32. The van der Waals surface area contributed by atoms with Gasteiger partial charge in [-0.05, 0) is 37.2 Å². The molecule has 1 aromatic carbocycles. The van der Waals surface area contributed by atoms with Crippen LogP contribution in [0.2, 0.25) is 5.02 Å². The normalized spacial score (nSPS) is 12.8. The van der Waals surface area contributed by atoms with Crippen molar-refractivity contribution in [2.45, 2.75) is 25.9 Å². The van der Waals surface area contributed by atoms with Crippen LogP contribution in [0.15, 0.2) is 18.2 Å². The molecule has 0 amide bonds. The first-order chi connectivity index (χ1) is 7.95. The van der Waals surface area contributed by atoms with E-state index in [0.29, 0.717) is 23.6 Å². The van der Waals surface area contributed by atoms with Gasteiger partial charge in [0.25, 0.3) is 0 Å². The Bertz CT molecular complexity index is 411. The maximum Gasteiger partial charge on any atom is 0.320 e. The number of carboxylic acid groups (broad SMARTS) is 1. The van der Waals surface area contributed by atoms with Crippen LogP contribution in [0.1, 0.15) is 18.9 Å². The minimum atomic E-state index is -0.887. The number of carboxylic acids is 1. The summed E-state index contributed by atoms with van der Waals surface area (Å²) >= 11 is 5.93. The lowest BCUT2D eigenvalue weighted by atomic mass is 10.1. The van der Waals surface area contributed by atoms with Crippen molar-refractivity contribution < 1.29 is 14.3 Å². The van der Waals surface area contributed by atoms with E-state index in [0.717, 1.165) is 0 Å². The van der Waals surface area contributed by atoms with E-state index < -0.39 is 12.0 Å². The molecule has 3 nitrogen and oxygen atoms in total. The van der Waals surface area contributed by atoms with Crippen LogP contribution in [0.5, 0.6) is 0 Å². The van der Waals surface area contributed by atoms with E-state index >= 15 is 0 Å². The molecule has 0 heterocycles. The van der Waals surface area contributed by atoms with Gasteiger partial charge in [0.2, 0.25) is 0 Å². The molecular weight excluding hydrogens is 245 g/mol. The molecule has 1 N–H and O–H groups in total. The van der Waals surface area contributed by atoms with Crippen LogP contribution in [0.3, 0.4) is 0 Å². The van der Waals surface area contributed by atoms with E-state index in [1.807, 2.05) is 0 Å². The van der Waals surface area contributed by atoms with Gasteiger partial charge in [0.05, 0.1) is 0 Å². The van der Waals surface area contributed by atoms with Gasteiger partial charge in [-0.2, -0.15) is 0 Å². The molecule has 0 aliphatic carbocycles. The maximum atomic E-state index is 13.0. The third-order valence-corrected chi connectivity index (χ3v) is 3.00. The van der Waals surface area contributed by atoms with Crippen LogP contribution >= 0.6 is 11.6 Å². The minimum Gasteiger partial charge on any atom is -0.480 e. The van der Waals surface area contributed by atoms with Gasteiger partial charge in [-0.3, -0.25) is 9.69 Å². The quantitative estimate of drug-likeness (QED) is 0.884. The fraction of sp³-hybridized carbons (Fsp3) is 0.417. The molecule has 1 atom stereocenters. The fourth-order valence-electron chi connectivity index (χ4n) is 1.72. The SMILES string of the molecule is CCC(C(=O)O)N(C)Cc1cc(F)ccc1Cl. The Morgan fingerprint density at radius 3 is 2.76 bits per heavy atom. The van der Waals surface area contributed by atoms with Crippen molar-refractivity contribution in [1.29, 1.82) is 0 Å². The molecular formula is C12H15ClFNO2. The average molecular weight is 260 g/mol. The Kier molecular flexibility index (Phi) is 4.90. The van der Waals surface area contributed by atoms with Gasteiger partial charge < -0.3 is 5.11 Å². The number of aliphatic carboxylic acids is 1. The Morgan fingerprint density at radius 1 is 1.59 bits per heavy atom. The number of hydrogen-bond acceptors (Lipinski definition) is 2. The highest BCUT2D eigenvalue weighted by Crippen LogP contribution is 2.19. The van der Waals surface area contributed by atoms with Crippen LogP contribution in [-0.2, 0) is 11.3 Å². The summed E-state index contributed by atoms with van der Waals surface area (Å²) in [4.78, 5) is 12.6. The zero-order chi connectivity index (χ0) is 13.0. The molecule has 0 aromatic heterocycles. The molecule has 1 unspecified atom stereocenters. The molecule has 0 saturated heterocycles. The lowest BCUT2D eigenvalue weighted by Crippen LogP contribution is -2.37. The van der Waals surface area contributed by atoms with E-state index in [1.165, 1.54) is 18.2 Å². The summed E-state index contributed by atoms with van der Waals surface area (Å²) in [6.07, 6.45) is 0.485. The number of likely N-dealkylation sites (N-methyl/N-ethyl adjacent to an activating group) is 1. The predicted octanol–water partition coefficient (Wildman–Crippen LogP) is 2.77. The highest BCUT2D eigenvalue weighted by Gasteiger charge is 2.21. The molecule has 0 saturated carbocycles. The Hall–Kier alpha value is -1.13. The molecule has 0 spiro atoms. The van der Waals surface area contributed by atoms with Crippen molar-refractivity contribution in [2.75, 3.05) is 7.05 Å². The molecule has 0 aliphatic heterocycles. The molecule has 0 radical (unpaired) electrons. The number of rotatable bonds is 5. The number of carbonyl (C=O) groups is 1. The van der Waals surface area contributed by atoms with E-state index in [9.17, 15) is 9.18 Å². The lowest BCUT2D eigenvalue weighted by Gasteiger charge is -2.23. The predicted molar refractivity (Wildman–Crippen MR) is 64.6 cm³/mol. The van der Waals surface area contributed by atoms with Crippen LogP contribution in [-0.4, -0.2) is 29.1 Å². The molecule has 0 fully saturated rings. The van der Waals surface area contributed by atoms with Gasteiger partial charge in [0, 0.05) is 11.6 Å². The zero-order valence-corrected chi connectivity index (χ0v) is 10.5. The largest absolute Gasteiger partial charge is 0.480 e. The first-order valence-corrected chi connectivity index (χ1v) is 5.70. The van der Waals surface area contributed by atoms with Crippen LogP contribution in [0.25, 0.3) is 0 Å². The van der Waals surface area contributed by atoms with Gasteiger partial charge in [0.15, 0.2) is 0 Å². The third-order valence-electron chi connectivity index (χ3n) is 2.63. The van der Waals surface area contributed by atoms with E-state index in [2.05, 4.69) is 0 Å². The number of nitrogens with zero attached hydrogens (tertiary/aromatic N) is 1. The summed E-state index contributed by atoms with van der Waals surface area (Å²) in [6, 6.07) is 3.49. The summed E-state index contributed by atoms with van der Waals surface area (Å²) in [5.74, 6) is -1.26. The van der Waals surface area contributed by atoms with Crippen molar-refractivity contribution in [3.05, 3.63) is 34.6 Å². The lowest BCUT2D eigenvalue weighted by molar-refractivity contribution is -0.143. The third kappa shape index (κ3) is 3.68. The molecule has 1 aromatic rings. The molecule has 0 bridgehead atoms. The van der Waals surface area contributed by atoms with Gasteiger partial charge in [-0.15, -0.1) is 0 Å². The van der Waals surface area contributed by atoms with Gasteiger partial charge in [-0.1, -0.05) is 18.5 Å². The highest BCUT2D eigenvalue weighted by atomic mass is 35.5. The van der Waals surface area contributed by atoms with Crippen molar-refractivity contribution >= 4 is 17.6 Å². The second kappa shape index (κ2) is 5.98. The Labute approximate surface area is 105 Å². The standard InChI is InChI=1S/C12H15ClFNO2/c1-3-11(12(16)17)15(2)7-8-6-9(14)4-5-10(8)13/h4-6,11H,3,7H2,1-2H3,(H,16,17). The number of benzene rings is 1. The smallest absolute Gasteiger partial charge is 0.320 e. The van der Waals surface area contributed by atoms with Gasteiger partial charge in [0.1, 0.15) is 11.9 Å². The van der Waals surface area contributed by atoms with Crippen molar-refractivity contribution in [3.63, 3.8) is 0 Å². The van der Waals surface area contributed by atoms with Crippen LogP contribution in [0.4, 0.5) is 4.39 Å². The molecule has 17 heavy (non-hydrogen) atoms. The monoisotopic (exact) mass is 259 g/mol. The zero-order valence-electron chi connectivity index (χ0n) is 9.78. The van der Waals surface area contributed by atoms with Crippen molar-refractivity contribution in [3.8, 4) is 0 Å². The fourth-order valence-corrected chi connectivity index (χ4v) is 1.90. The molecule has 94 valence electrons. The van der Waals surface area contributed by atoms with Gasteiger partial charge in [-0.25, -0.2) is 4.39 Å². The molecule has 1 rings (SSSR count). The van der Waals surface area contributed by atoms with Crippen LogP contribution < -0.4 is 0 Å².